The van der Waals surface area contributed by atoms with Crippen LogP contribution in [-0.2, 0) is 9.59 Å². The number of aliphatic hydroxyl groups excluding tert-OH is 1. The molecule has 0 aromatic carbocycles. The van der Waals surface area contributed by atoms with Gasteiger partial charge in [-0.3, -0.25) is 9.59 Å². The summed E-state index contributed by atoms with van der Waals surface area (Å²) in [5.41, 5.74) is 0. The van der Waals surface area contributed by atoms with Crippen molar-refractivity contribution in [2.24, 2.45) is 11.8 Å². The van der Waals surface area contributed by atoms with Gasteiger partial charge in [0.15, 0.2) is 5.78 Å². The van der Waals surface area contributed by atoms with Gasteiger partial charge >= 0.3 is 5.97 Å². The van der Waals surface area contributed by atoms with E-state index in [9.17, 15) is 14.7 Å². The van der Waals surface area contributed by atoms with Gasteiger partial charge in [0.2, 0.25) is 0 Å². The average Bonchev–Trinajstić information content (AvgIpc) is 2.95. The van der Waals surface area contributed by atoms with Gasteiger partial charge in [0.25, 0.3) is 0 Å². The van der Waals surface area contributed by atoms with Crippen molar-refractivity contribution in [1.29, 1.82) is 0 Å². The van der Waals surface area contributed by atoms with E-state index >= 15 is 0 Å². The molecular weight excluding hydrogens is 328 g/mol. The molecule has 0 heterocycles. The van der Waals surface area contributed by atoms with E-state index in [4.69, 9.17) is 5.11 Å². The molecule has 0 saturated carbocycles. The molecule has 0 aromatic rings. The molecule has 0 spiro atoms. The van der Waals surface area contributed by atoms with Crippen molar-refractivity contribution in [2.75, 3.05) is 0 Å². The summed E-state index contributed by atoms with van der Waals surface area (Å²) in [6.07, 6.45) is 22.0. The summed E-state index contributed by atoms with van der Waals surface area (Å²) in [6.45, 7) is 2.10. The van der Waals surface area contributed by atoms with E-state index in [2.05, 4.69) is 31.2 Å². The van der Waals surface area contributed by atoms with Gasteiger partial charge < -0.3 is 10.2 Å². The maximum absolute atomic E-state index is 12.0. The van der Waals surface area contributed by atoms with E-state index in [0.29, 0.717) is 19.3 Å². The average molecular weight is 358 g/mol. The Morgan fingerprint density at radius 1 is 1.19 bits per heavy atom. The standard InChI is InChI=1S/C22H30O4/c1-2-3-4-5-6-9-12-20-18(15-17-21(20)24)14-16-19(23)11-8-7-10-13-22(25)26/h3-4,6-9,14-20,23H,2,5,10-13H2,1H3,(H,25,26)/b4-3-,8-7-,9-6-,16-14+/t18-,19+,20+/m1/s1. The van der Waals surface area contributed by atoms with E-state index in [1.807, 2.05) is 12.2 Å². The first kappa shape index (κ1) is 21.8. The van der Waals surface area contributed by atoms with E-state index < -0.39 is 12.1 Å². The minimum atomic E-state index is -0.825. The predicted octanol–water partition coefficient (Wildman–Crippen LogP) is 4.39. The van der Waals surface area contributed by atoms with Crippen molar-refractivity contribution in [1.82, 2.24) is 0 Å². The third-order valence-corrected chi connectivity index (χ3v) is 4.17. The second-order valence-electron chi connectivity index (χ2n) is 6.36. The number of aliphatic carboxylic acids is 1. The zero-order valence-corrected chi connectivity index (χ0v) is 15.5. The Kier molecular flexibility index (Phi) is 11.0. The predicted molar refractivity (Wildman–Crippen MR) is 105 cm³/mol. The molecule has 0 saturated heterocycles. The summed E-state index contributed by atoms with van der Waals surface area (Å²) in [7, 11) is 0. The Morgan fingerprint density at radius 3 is 2.69 bits per heavy atom. The first-order valence-corrected chi connectivity index (χ1v) is 9.29. The second kappa shape index (κ2) is 13.1. The summed E-state index contributed by atoms with van der Waals surface area (Å²) in [4.78, 5) is 22.4. The molecule has 26 heavy (non-hydrogen) atoms. The number of carbonyl (C=O) groups is 2. The zero-order valence-electron chi connectivity index (χ0n) is 15.5. The summed E-state index contributed by atoms with van der Waals surface area (Å²) in [5.74, 6) is -0.759. The Balaban J connectivity index is 2.41. The minimum Gasteiger partial charge on any atom is -0.481 e. The van der Waals surface area contributed by atoms with E-state index in [1.54, 1.807) is 24.3 Å². The van der Waals surface area contributed by atoms with Crippen LogP contribution in [0.5, 0.6) is 0 Å². The number of carbonyl (C=O) groups excluding carboxylic acids is 1. The van der Waals surface area contributed by atoms with Crippen LogP contribution >= 0.6 is 0 Å². The topological polar surface area (TPSA) is 74.6 Å². The van der Waals surface area contributed by atoms with Crippen LogP contribution < -0.4 is 0 Å². The van der Waals surface area contributed by atoms with Crippen LogP contribution in [0.3, 0.4) is 0 Å². The fourth-order valence-corrected chi connectivity index (χ4v) is 2.70. The Bertz CT molecular complexity index is 581. The van der Waals surface area contributed by atoms with Crippen LogP contribution in [0.2, 0.25) is 0 Å². The van der Waals surface area contributed by atoms with Crippen LogP contribution in [0, 0.1) is 11.8 Å². The highest BCUT2D eigenvalue weighted by molar-refractivity contribution is 5.95. The number of ketones is 1. The molecule has 142 valence electrons. The van der Waals surface area contributed by atoms with E-state index in [0.717, 1.165) is 12.8 Å². The molecule has 4 nitrogen and oxygen atoms in total. The van der Waals surface area contributed by atoms with Gasteiger partial charge in [-0.2, -0.15) is 0 Å². The quantitative estimate of drug-likeness (QED) is 0.507. The smallest absolute Gasteiger partial charge is 0.303 e. The van der Waals surface area contributed by atoms with Crippen LogP contribution in [0.25, 0.3) is 0 Å². The van der Waals surface area contributed by atoms with Crippen LogP contribution in [0.4, 0.5) is 0 Å². The minimum absolute atomic E-state index is 0.0176. The number of carboxylic acid groups (broad SMARTS) is 1. The highest BCUT2D eigenvalue weighted by Gasteiger charge is 2.27. The molecule has 0 fully saturated rings. The Labute approximate surface area is 156 Å². The van der Waals surface area contributed by atoms with Crippen molar-refractivity contribution in [3.63, 3.8) is 0 Å². The SMILES string of the molecule is CC/C=C\C/C=C\C[C@@H]1C(=O)C=C[C@H]1/C=C/[C@@H](O)C/C=C\CCC(=O)O. The molecule has 0 bridgehead atoms. The Morgan fingerprint density at radius 2 is 1.96 bits per heavy atom. The summed E-state index contributed by atoms with van der Waals surface area (Å²) in [5, 5.41) is 18.5. The van der Waals surface area contributed by atoms with E-state index in [1.165, 1.54) is 0 Å². The lowest BCUT2D eigenvalue weighted by Crippen LogP contribution is -2.14. The maximum atomic E-state index is 12.0. The summed E-state index contributed by atoms with van der Waals surface area (Å²) < 4.78 is 0. The normalized spacial score (nSPS) is 21.8. The number of hydrogen-bond donors (Lipinski definition) is 2. The van der Waals surface area contributed by atoms with Crippen molar-refractivity contribution < 1.29 is 19.8 Å². The van der Waals surface area contributed by atoms with Crippen molar-refractivity contribution in [2.45, 2.75) is 51.6 Å². The third-order valence-electron chi connectivity index (χ3n) is 4.17. The number of carboxylic acids is 1. The summed E-state index contributed by atoms with van der Waals surface area (Å²) in [6, 6.07) is 0. The van der Waals surface area contributed by atoms with Crippen molar-refractivity contribution in [3.05, 3.63) is 60.8 Å². The fraction of sp³-hybridized carbons (Fsp3) is 0.455. The number of hydrogen-bond acceptors (Lipinski definition) is 3. The molecule has 1 aliphatic rings. The highest BCUT2D eigenvalue weighted by Crippen LogP contribution is 2.27. The number of rotatable bonds is 12. The zero-order chi connectivity index (χ0) is 19.2. The lowest BCUT2D eigenvalue weighted by molar-refractivity contribution is -0.136. The van der Waals surface area contributed by atoms with Gasteiger partial charge in [-0.15, -0.1) is 0 Å². The fourth-order valence-electron chi connectivity index (χ4n) is 2.70. The molecule has 0 amide bonds. The highest BCUT2D eigenvalue weighted by atomic mass is 16.4. The third kappa shape index (κ3) is 9.33. The number of allylic oxidation sites excluding steroid dienone is 8. The van der Waals surface area contributed by atoms with Crippen LogP contribution in [0.15, 0.2) is 60.8 Å². The molecule has 0 unspecified atom stereocenters. The second-order valence-corrected chi connectivity index (χ2v) is 6.36. The van der Waals surface area contributed by atoms with Gasteiger partial charge in [0.05, 0.1) is 6.10 Å². The van der Waals surface area contributed by atoms with Crippen LogP contribution in [-0.4, -0.2) is 28.1 Å². The molecule has 1 rings (SSSR count). The van der Waals surface area contributed by atoms with Gasteiger partial charge in [-0.05, 0) is 38.2 Å². The Hall–Kier alpha value is -2.20. The molecule has 0 aliphatic heterocycles. The van der Waals surface area contributed by atoms with Crippen molar-refractivity contribution >= 4 is 11.8 Å². The maximum Gasteiger partial charge on any atom is 0.303 e. The molecule has 4 heteroatoms. The first-order valence-electron chi connectivity index (χ1n) is 9.29. The molecule has 3 atom stereocenters. The van der Waals surface area contributed by atoms with Gasteiger partial charge in [0, 0.05) is 18.3 Å². The van der Waals surface area contributed by atoms with Gasteiger partial charge in [0.1, 0.15) is 0 Å². The monoisotopic (exact) mass is 358 g/mol. The lowest BCUT2D eigenvalue weighted by Gasteiger charge is -2.13. The van der Waals surface area contributed by atoms with E-state index in [-0.39, 0.29) is 24.0 Å². The molecule has 0 radical (unpaired) electrons. The molecule has 1 aliphatic carbocycles. The first-order chi connectivity index (χ1) is 12.5. The lowest BCUT2D eigenvalue weighted by atomic mass is 9.90. The molecule has 2 N–H and O–H groups in total. The van der Waals surface area contributed by atoms with Gasteiger partial charge in [-0.1, -0.05) is 61.6 Å². The van der Waals surface area contributed by atoms with Crippen molar-refractivity contribution in [3.8, 4) is 0 Å². The van der Waals surface area contributed by atoms with Crippen LogP contribution in [0.1, 0.15) is 45.4 Å². The number of aliphatic hydroxyl groups is 1. The molecule has 0 aromatic heterocycles. The largest absolute Gasteiger partial charge is 0.481 e. The molecular formula is C22H30O4. The summed E-state index contributed by atoms with van der Waals surface area (Å²) >= 11 is 0. The van der Waals surface area contributed by atoms with Gasteiger partial charge in [-0.25, -0.2) is 0 Å².